The van der Waals surface area contributed by atoms with Crippen LogP contribution in [0.3, 0.4) is 0 Å². The average Bonchev–Trinajstić information content (AvgIpc) is 3.36. The molecule has 1 fully saturated rings. The van der Waals surface area contributed by atoms with Gasteiger partial charge >= 0.3 is 29.6 Å². The molecule has 1 N–H and O–H groups in total. The van der Waals surface area contributed by atoms with Gasteiger partial charge in [0.15, 0.2) is 0 Å². The van der Waals surface area contributed by atoms with Gasteiger partial charge in [-0.2, -0.15) is 0 Å². The molecule has 4 rings (SSSR count). The second kappa shape index (κ2) is 10.0. The second-order valence-electron chi connectivity index (χ2n) is 6.71. The molecular formula is C17H17N6NaO4S3. The van der Waals surface area contributed by atoms with E-state index in [0.29, 0.717) is 16.5 Å². The fourth-order valence-electron chi connectivity index (χ4n) is 3.31. The first-order valence-electron chi connectivity index (χ1n) is 8.96. The van der Waals surface area contributed by atoms with Crippen molar-refractivity contribution in [2.45, 2.75) is 35.2 Å². The van der Waals surface area contributed by atoms with Crippen LogP contribution in [-0.2, 0) is 27.9 Å². The molecule has 4 heterocycles. The molecule has 10 nitrogen and oxygen atoms in total. The summed E-state index contributed by atoms with van der Waals surface area (Å²) in [6.45, 7) is 1.88. The number of aliphatic carboxylic acids is 1. The standard InChI is InChI=1S/C17H18N6O4S3.Na/c1-8-10(7-29-17-19-20-21-22(17)2)13(16(26)27)23-14(25)12(15(23)30-8)18-11(24)6-9-4-3-5-28-9;/h3-5,8,12,15H,6-7H2,1-2H3,(H,18,24)(H,26,27);/q;+1/p-1/t8-,12?,15+;/m0./s1. The fraction of sp³-hybridized carbons (Fsp3) is 0.412. The Morgan fingerprint density at radius 2 is 2.16 bits per heavy atom. The third-order valence-electron chi connectivity index (χ3n) is 4.79. The number of aryl methyl sites for hydroxylation is 1. The average molecular weight is 489 g/mol. The summed E-state index contributed by atoms with van der Waals surface area (Å²) < 4.78 is 1.49. The van der Waals surface area contributed by atoms with E-state index < -0.39 is 23.3 Å². The Hall–Kier alpha value is -1.38. The number of rotatable bonds is 7. The first kappa shape index (κ1) is 24.3. The molecule has 0 spiro atoms. The number of nitrogens with one attached hydrogen (secondary N) is 1. The summed E-state index contributed by atoms with van der Waals surface area (Å²) >= 11 is 4.19. The van der Waals surface area contributed by atoms with Crippen LogP contribution in [0.5, 0.6) is 0 Å². The third kappa shape index (κ3) is 4.86. The molecule has 0 radical (unpaired) electrons. The smallest absolute Gasteiger partial charge is 0.543 e. The van der Waals surface area contributed by atoms with Gasteiger partial charge in [0.05, 0.1) is 18.1 Å². The van der Waals surface area contributed by atoms with E-state index >= 15 is 0 Å². The van der Waals surface area contributed by atoms with Crippen molar-refractivity contribution in [3.63, 3.8) is 0 Å². The monoisotopic (exact) mass is 488 g/mol. The predicted octanol–water partition coefficient (Wildman–Crippen LogP) is -3.60. The molecule has 2 aliphatic heterocycles. The maximum absolute atomic E-state index is 12.7. The molecule has 0 aliphatic carbocycles. The number of thioether (sulfide) groups is 2. The number of β-lactam (4-membered cyclic amide) rings is 1. The van der Waals surface area contributed by atoms with Crippen molar-refractivity contribution in [1.82, 2.24) is 30.4 Å². The summed E-state index contributed by atoms with van der Waals surface area (Å²) in [7, 11) is 1.69. The largest absolute Gasteiger partial charge is 1.00 e. The van der Waals surface area contributed by atoms with Crippen LogP contribution >= 0.6 is 34.9 Å². The van der Waals surface area contributed by atoms with Gasteiger partial charge in [-0.25, -0.2) is 4.68 Å². The minimum Gasteiger partial charge on any atom is -0.543 e. The molecule has 3 atom stereocenters. The predicted molar refractivity (Wildman–Crippen MR) is 109 cm³/mol. The Labute approximate surface area is 212 Å². The fourth-order valence-corrected chi connectivity index (χ4v) is 6.56. The zero-order chi connectivity index (χ0) is 21.4. The SMILES string of the molecule is C[C@@H]1S[C@@H]2C(NC(=O)Cc3cccs3)C(=O)N2C(C(=O)[O-])=C1CSc1nnnn1C.[Na+]. The van der Waals surface area contributed by atoms with Gasteiger partial charge in [-0.15, -0.1) is 28.2 Å². The van der Waals surface area contributed by atoms with Crippen LogP contribution in [0.1, 0.15) is 11.8 Å². The van der Waals surface area contributed by atoms with Crippen molar-refractivity contribution in [2.75, 3.05) is 5.75 Å². The molecule has 31 heavy (non-hydrogen) atoms. The number of amides is 2. The number of nitrogens with zero attached hydrogens (tertiary/aromatic N) is 5. The molecule has 14 heteroatoms. The topological polar surface area (TPSA) is 133 Å². The van der Waals surface area contributed by atoms with Crippen molar-refractivity contribution in [2.24, 2.45) is 7.05 Å². The van der Waals surface area contributed by atoms with Gasteiger partial charge < -0.3 is 15.2 Å². The first-order chi connectivity index (χ1) is 14.4. The summed E-state index contributed by atoms with van der Waals surface area (Å²) in [6.07, 6.45) is 0.186. The van der Waals surface area contributed by atoms with Crippen LogP contribution in [0.15, 0.2) is 33.9 Å². The number of carbonyl (C=O) groups excluding carboxylic acids is 3. The minimum atomic E-state index is -1.41. The molecule has 2 aromatic rings. The van der Waals surface area contributed by atoms with E-state index in [1.165, 1.54) is 44.4 Å². The van der Waals surface area contributed by atoms with Crippen LogP contribution in [0.4, 0.5) is 0 Å². The van der Waals surface area contributed by atoms with E-state index in [9.17, 15) is 19.5 Å². The first-order valence-corrected chi connectivity index (χ1v) is 11.8. The van der Waals surface area contributed by atoms with Crippen LogP contribution in [0.25, 0.3) is 0 Å². The second-order valence-corrected chi connectivity index (χ2v) is 10.2. The molecule has 0 bridgehead atoms. The molecule has 2 aliphatic rings. The number of carboxylic acids is 1. The molecular weight excluding hydrogens is 471 g/mol. The van der Waals surface area contributed by atoms with Crippen LogP contribution in [0.2, 0.25) is 0 Å². The zero-order valence-electron chi connectivity index (χ0n) is 17.0. The van der Waals surface area contributed by atoms with Crippen LogP contribution in [-0.4, -0.2) is 65.3 Å². The maximum Gasteiger partial charge on any atom is 1.00 e. The van der Waals surface area contributed by atoms with E-state index in [1.54, 1.807) is 7.05 Å². The number of carbonyl (C=O) groups is 3. The van der Waals surface area contributed by atoms with Gasteiger partial charge in [0, 0.05) is 22.9 Å². The van der Waals surface area contributed by atoms with Gasteiger partial charge in [0.1, 0.15) is 11.4 Å². The van der Waals surface area contributed by atoms with Crippen LogP contribution in [0, 0.1) is 0 Å². The number of carboxylic acid groups (broad SMARTS) is 1. The number of tetrazole rings is 1. The number of thiophene rings is 1. The van der Waals surface area contributed by atoms with E-state index in [2.05, 4.69) is 20.8 Å². The van der Waals surface area contributed by atoms with Gasteiger partial charge in [0.2, 0.25) is 11.1 Å². The van der Waals surface area contributed by atoms with Crippen molar-refractivity contribution in [3.05, 3.63) is 33.7 Å². The quantitative estimate of drug-likeness (QED) is 0.238. The van der Waals surface area contributed by atoms with Crippen molar-refractivity contribution in [3.8, 4) is 0 Å². The Morgan fingerprint density at radius 3 is 2.77 bits per heavy atom. The third-order valence-corrected chi connectivity index (χ3v) is 8.18. The van der Waals surface area contributed by atoms with Gasteiger partial charge in [-0.05, 0) is 34.4 Å². The Kier molecular flexibility index (Phi) is 7.86. The molecule has 1 saturated heterocycles. The normalized spacial score (nSPS) is 22.5. The molecule has 1 unspecified atom stereocenters. The van der Waals surface area contributed by atoms with Gasteiger partial charge in [-0.1, -0.05) is 17.8 Å². The van der Waals surface area contributed by atoms with Crippen molar-refractivity contribution in [1.29, 1.82) is 0 Å². The van der Waals surface area contributed by atoms with Crippen molar-refractivity contribution < 1.29 is 49.0 Å². The molecule has 2 aromatic heterocycles. The Balaban J connectivity index is 0.00000272. The van der Waals surface area contributed by atoms with E-state index in [0.717, 1.165) is 4.88 Å². The Bertz CT molecular complexity index is 1030. The summed E-state index contributed by atoms with van der Waals surface area (Å²) in [5.41, 5.74) is 0.448. The van der Waals surface area contributed by atoms with E-state index in [-0.39, 0.29) is 52.8 Å². The number of fused-ring (bicyclic) bond motifs is 1. The van der Waals surface area contributed by atoms with E-state index in [4.69, 9.17) is 0 Å². The number of hydrogen-bond acceptors (Lipinski definition) is 10. The van der Waals surface area contributed by atoms with Crippen molar-refractivity contribution >= 4 is 52.6 Å². The summed E-state index contributed by atoms with van der Waals surface area (Å²) in [5.74, 6) is -1.81. The zero-order valence-corrected chi connectivity index (χ0v) is 21.4. The minimum absolute atomic E-state index is 0. The summed E-state index contributed by atoms with van der Waals surface area (Å²) in [6, 6.07) is 2.95. The Morgan fingerprint density at radius 1 is 1.39 bits per heavy atom. The van der Waals surface area contributed by atoms with Crippen LogP contribution < -0.4 is 40.0 Å². The van der Waals surface area contributed by atoms with E-state index in [1.807, 2.05) is 24.4 Å². The molecule has 0 aromatic carbocycles. The number of aromatic nitrogens is 4. The van der Waals surface area contributed by atoms with Gasteiger partial charge in [-0.3, -0.25) is 14.5 Å². The number of hydrogen-bond donors (Lipinski definition) is 1. The van der Waals surface area contributed by atoms with Gasteiger partial charge in [0.25, 0.3) is 5.91 Å². The molecule has 158 valence electrons. The molecule has 0 saturated carbocycles. The molecule has 2 amide bonds. The summed E-state index contributed by atoms with van der Waals surface area (Å²) in [4.78, 5) is 39.1. The maximum atomic E-state index is 12.7. The summed E-state index contributed by atoms with van der Waals surface area (Å²) in [5, 5.41) is 27.6.